The van der Waals surface area contributed by atoms with E-state index in [9.17, 15) is 13.2 Å². The molecule has 0 saturated carbocycles. The van der Waals surface area contributed by atoms with E-state index in [1.54, 1.807) is 37.1 Å². The third kappa shape index (κ3) is 3.04. The van der Waals surface area contributed by atoms with Gasteiger partial charge in [-0.25, -0.2) is 0 Å². The Balaban J connectivity index is 2.46. The Bertz CT molecular complexity index is 607. The molecule has 1 aromatic carbocycles. The smallest absolute Gasteiger partial charge is 0.308 e. The number of hydrogen-bond acceptors (Lipinski definition) is 2. The second-order valence-electron chi connectivity index (χ2n) is 4.37. The fourth-order valence-corrected chi connectivity index (χ4v) is 2.48. The lowest BCUT2D eigenvalue weighted by Gasteiger charge is -2.17. The van der Waals surface area contributed by atoms with Crippen LogP contribution in [0, 0.1) is 0 Å². The summed E-state index contributed by atoms with van der Waals surface area (Å²) in [7, 11) is 3.45. The zero-order valence-corrected chi connectivity index (χ0v) is 12.5. The Kier molecular flexibility index (Phi) is 4.19. The molecule has 0 fully saturated rings. The van der Waals surface area contributed by atoms with Crippen LogP contribution >= 0.6 is 15.9 Å². The van der Waals surface area contributed by atoms with E-state index >= 15 is 0 Å². The van der Waals surface area contributed by atoms with Crippen LogP contribution in [0.5, 0.6) is 0 Å². The summed E-state index contributed by atoms with van der Waals surface area (Å²) in [5.41, 5.74) is 0.498. The quantitative estimate of drug-likeness (QED) is 0.920. The SMILES string of the molecule is CNC(c1ccc(Br)c(C(F)(F)F)c1)c1ccn(C)n1. The largest absolute Gasteiger partial charge is 0.417 e. The first-order valence-corrected chi connectivity index (χ1v) is 6.65. The van der Waals surface area contributed by atoms with Crippen LogP contribution in [0.15, 0.2) is 34.9 Å². The van der Waals surface area contributed by atoms with Gasteiger partial charge in [0.2, 0.25) is 0 Å². The number of aromatic nitrogens is 2. The van der Waals surface area contributed by atoms with Crippen molar-refractivity contribution < 1.29 is 13.2 Å². The number of alkyl halides is 3. The first kappa shape index (κ1) is 15.1. The molecule has 0 spiro atoms. The zero-order valence-electron chi connectivity index (χ0n) is 10.9. The first-order chi connectivity index (χ1) is 9.32. The standard InChI is InChI=1S/C13H13BrF3N3/c1-18-12(11-5-6-20(2)19-11)8-3-4-10(14)9(7-8)13(15,16)17/h3-7,12,18H,1-2H3. The van der Waals surface area contributed by atoms with E-state index in [2.05, 4.69) is 26.3 Å². The molecule has 1 aromatic heterocycles. The molecule has 0 amide bonds. The highest BCUT2D eigenvalue weighted by Gasteiger charge is 2.33. The highest BCUT2D eigenvalue weighted by atomic mass is 79.9. The summed E-state index contributed by atoms with van der Waals surface area (Å²) in [5, 5.41) is 7.22. The van der Waals surface area contributed by atoms with Gasteiger partial charge in [0.25, 0.3) is 0 Å². The molecule has 1 heterocycles. The van der Waals surface area contributed by atoms with Crippen LogP contribution in [0.4, 0.5) is 13.2 Å². The molecule has 0 radical (unpaired) electrons. The third-order valence-corrected chi connectivity index (χ3v) is 3.64. The summed E-state index contributed by atoms with van der Waals surface area (Å²) < 4.78 is 40.4. The number of halogens is 4. The normalized spacial score (nSPS) is 13.5. The molecular formula is C13H13BrF3N3. The number of rotatable bonds is 3. The lowest BCUT2D eigenvalue weighted by molar-refractivity contribution is -0.138. The number of nitrogens with zero attached hydrogens (tertiary/aromatic N) is 2. The van der Waals surface area contributed by atoms with E-state index in [0.717, 1.165) is 6.07 Å². The van der Waals surface area contributed by atoms with Gasteiger partial charge in [0.05, 0.1) is 17.3 Å². The van der Waals surface area contributed by atoms with Crippen LogP contribution < -0.4 is 5.32 Å². The average molecular weight is 348 g/mol. The van der Waals surface area contributed by atoms with Crippen molar-refractivity contribution in [3.63, 3.8) is 0 Å². The molecule has 108 valence electrons. The highest BCUT2D eigenvalue weighted by Crippen LogP contribution is 2.36. The molecule has 1 unspecified atom stereocenters. The Morgan fingerprint density at radius 1 is 1.30 bits per heavy atom. The lowest BCUT2D eigenvalue weighted by atomic mass is 10.0. The van der Waals surface area contributed by atoms with Gasteiger partial charge in [-0.1, -0.05) is 22.0 Å². The molecule has 0 saturated heterocycles. The molecule has 2 aromatic rings. The van der Waals surface area contributed by atoms with Gasteiger partial charge in [0.1, 0.15) is 0 Å². The van der Waals surface area contributed by atoms with Gasteiger partial charge in [0.15, 0.2) is 0 Å². The van der Waals surface area contributed by atoms with Gasteiger partial charge in [0, 0.05) is 17.7 Å². The van der Waals surface area contributed by atoms with Crippen molar-refractivity contribution in [3.8, 4) is 0 Å². The van der Waals surface area contributed by atoms with Crippen molar-refractivity contribution in [3.05, 3.63) is 51.8 Å². The van der Waals surface area contributed by atoms with Gasteiger partial charge >= 0.3 is 6.18 Å². The predicted octanol–water partition coefficient (Wildman–Crippen LogP) is 3.51. The molecule has 1 atom stereocenters. The summed E-state index contributed by atoms with van der Waals surface area (Å²) in [6.07, 6.45) is -2.64. The minimum absolute atomic E-state index is 0.0321. The monoisotopic (exact) mass is 347 g/mol. The van der Waals surface area contributed by atoms with E-state index < -0.39 is 11.7 Å². The van der Waals surface area contributed by atoms with E-state index in [4.69, 9.17) is 0 Å². The number of hydrogen-bond donors (Lipinski definition) is 1. The second-order valence-corrected chi connectivity index (χ2v) is 5.23. The summed E-state index contributed by atoms with van der Waals surface area (Å²) in [4.78, 5) is 0. The maximum atomic E-state index is 12.9. The first-order valence-electron chi connectivity index (χ1n) is 5.86. The maximum Gasteiger partial charge on any atom is 0.417 e. The van der Waals surface area contributed by atoms with Crippen LogP contribution in [0.2, 0.25) is 0 Å². The molecule has 0 aliphatic rings. The second kappa shape index (κ2) is 5.57. The molecule has 7 heteroatoms. The van der Waals surface area contributed by atoms with E-state index in [-0.39, 0.29) is 10.5 Å². The topological polar surface area (TPSA) is 29.9 Å². The molecule has 0 aliphatic carbocycles. The number of nitrogens with one attached hydrogen (secondary N) is 1. The summed E-state index contributed by atoms with van der Waals surface area (Å²) in [6.45, 7) is 0. The Labute approximate surface area is 122 Å². The minimum atomic E-state index is -4.39. The van der Waals surface area contributed by atoms with Crippen LogP contribution in [0.1, 0.15) is 22.9 Å². The van der Waals surface area contributed by atoms with Gasteiger partial charge in [-0.2, -0.15) is 18.3 Å². The van der Waals surface area contributed by atoms with Crippen LogP contribution in [0.3, 0.4) is 0 Å². The minimum Gasteiger partial charge on any atom is -0.308 e. The van der Waals surface area contributed by atoms with Crippen LogP contribution in [0.25, 0.3) is 0 Å². The fourth-order valence-electron chi connectivity index (χ4n) is 2.01. The summed E-state index contributed by atoms with van der Waals surface area (Å²) in [5.74, 6) is 0. The van der Waals surface area contributed by atoms with Gasteiger partial charge in [-0.3, -0.25) is 4.68 Å². The molecule has 2 rings (SSSR count). The van der Waals surface area contributed by atoms with Crippen molar-refractivity contribution in [1.29, 1.82) is 0 Å². The number of aryl methyl sites for hydroxylation is 1. The molecular weight excluding hydrogens is 335 g/mol. The molecule has 0 bridgehead atoms. The summed E-state index contributed by atoms with van der Waals surface area (Å²) >= 11 is 2.94. The third-order valence-electron chi connectivity index (χ3n) is 2.95. The van der Waals surface area contributed by atoms with E-state index in [1.807, 2.05) is 0 Å². The van der Waals surface area contributed by atoms with Crippen molar-refractivity contribution in [2.24, 2.45) is 7.05 Å². The van der Waals surface area contributed by atoms with Crippen molar-refractivity contribution >= 4 is 15.9 Å². The van der Waals surface area contributed by atoms with Crippen molar-refractivity contribution in [1.82, 2.24) is 15.1 Å². The highest BCUT2D eigenvalue weighted by molar-refractivity contribution is 9.10. The van der Waals surface area contributed by atoms with Crippen LogP contribution in [-0.2, 0) is 13.2 Å². The zero-order chi connectivity index (χ0) is 14.9. The van der Waals surface area contributed by atoms with E-state index in [0.29, 0.717) is 11.3 Å². The van der Waals surface area contributed by atoms with Gasteiger partial charge in [-0.05, 0) is 30.8 Å². The van der Waals surface area contributed by atoms with Gasteiger partial charge < -0.3 is 5.32 Å². The van der Waals surface area contributed by atoms with Crippen molar-refractivity contribution in [2.45, 2.75) is 12.2 Å². The van der Waals surface area contributed by atoms with Crippen molar-refractivity contribution in [2.75, 3.05) is 7.05 Å². The Morgan fingerprint density at radius 2 is 2.00 bits per heavy atom. The number of benzene rings is 1. The molecule has 1 N–H and O–H groups in total. The molecule has 3 nitrogen and oxygen atoms in total. The molecule has 0 aliphatic heterocycles. The van der Waals surface area contributed by atoms with Crippen LogP contribution in [-0.4, -0.2) is 16.8 Å². The fraction of sp³-hybridized carbons (Fsp3) is 0.308. The Hall–Kier alpha value is -1.34. The maximum absolute atomic E-state index is 12.9. The van der Waals surface area contributed by atoms with E-state index in [1.165, 1.54) is 6.07 Å². The average Bonchev–Trinajstić information content (AvgIpc) is 2.77. The molecule has 20 heavy (non-hydrogen) atoms. The summed E-state index contributed by atoms with van der Waals surface area (Å²) in [6, 6.07) is 5.59. The predicted molar refractivity (Wildman–Crippen MR) is 73.3 cm³/mol. The lowest BCUT2D eigenvalue weighted by Crippen LogP contribution is -2.19. The van der Waals surface area contributed by atoms with Gasteiger partial charge in [-0.15, -0.1) is 0 Å². The Morgan fingerprint density at radius 3 is 2.50 bits per heavy atom.